The van der Waals surface area contributed by atoms with Gasteiger partial charge in [-0.3, -0.25) is 4.90 Å². The Kier molecular flexibility index (Phi) is 4.81. The van der Waals surface area contributed by atoms with Crippen molar-refractivity contribution >= 4 is 0 Å². The Bertz CT molecular complexity index is 930. The first-order valence-corrected chi connectivity index (χ1v) is 8.66. The SMILES string of the molecule is COc1ccc(-c2noc([C@H]3CCCN3Cc3ccc(F)c(F)c3)n2)cn1. The van der Waals surface area contributed by atoms with E-state index >= 15 is 0 Å². The molecule has 0 N–H and O–H groups in total. The van der Waals surface area contributed by atoms with Crippen molar-refractivity contribution in [1.29, 1.82) is 0 Å². The molecule has 1 aliphatic rings. The van der Waals surface area contributed by atoms with Gasteiger partial charge in [0.05, 0.1) is 13.2 Å². The van der Waals surface area contributed by atoms with Crippen LogP contribution >= 0.6 is 0 Å². The van der Waals surface area contributed by atoms with E-state index in [-0.39, 0.29) is 6.04 Å². The zero-order chi connectivity index (χ0) is 18.8. The van der Waals surface area contributed by atoms with E-state index in [4.69, 9.17) is 9.26 Å². The van der Waals surface area contributed by atoms with Gasteiger partial charge in [-0.1, -0.05) is 11.2 Å². The van der Waals surface area contributed by atoms with E-state index in [2.05, 4.69) is 20.0 Å². The number of ether oxygens (including phenoxy) is 1. The third-order valence-electron chi connectivity index (χ3n) is 4.66. The van der Waals surface area contributed by atoms with Crippen LogP contribution in [0.25, 0.3) is 11.4 Å². The largest absolute Gasteiger partial charge is 0.481 e. The summed E-state index contributed by atoms with van der Waals surface area (Å²) in [6.07, 6.45) is 3.46. The van der Waals surface area contributed by atoms with Crippen LogP contribution in [0.4, 0.5) is 8.78 Å². The van der Waals surface area contributed by atoms with Gasteiger partial charge in [0.2, 0.25) is 17.6 Å². The van der Waals surface area contributed by atoms with Crippen LogP contribution in [0.3, 0.4) is 0 Å². The number of halogens is 2. The fourth-order valence-corrected chi connectivity index (χ4v) is 3.29. The van der Waals surface area contributed by atoms with E-state index in [1.165, 1.54) is 6.07 Å². The van der Waals surface area contributed by atoms with Gasteiger partial charge in [0.15, 0.2) is 11.6 Å². The number of pyridine rings is 1. The lowest BCUT2D eigenvalue weighted by Gasteiger charge is -2.21. The molecule has 1 saturated heterocycles. The van der Waals surface area contributed by atoms with Crippen LogP contribution in [0.5, 0.6) is 5.88 Å². The minimum absolute atomic E-state index is 0.0504. The Morgan fingerprint density at radius 3 is 2.85 bits per heavy atom. The number of benzene rings is 1. The summed E-state index contributed by atoms with van der Waals surface area (Å²) < 4.78 is 37.1. The van der Waals surface area contributed by atoms with Gasteiger partial charge in [-0.25, -0.2) is 13.8 Å². The fourth-order valence-electron chi connectivity index (χ4n) is 3.29. The van der Waals surface area contributed by atoms with Crippen LogP contribution in [-0.2, 0) is 6.54 Å². The Hall–Kier alpha value is -2.87. The molecular formula is C19H18F2N4O2. The molecule has 0 radical (unpaired) electrons. The van der Waals surface area contributed by atoms with Crippen LogP contribution in [0.15, 0.2) is 41.1 Å². The van der Waals surface area contributed by atoms with E-state index in [9.17, 15) is 8.78 Å². The summed E-state index contributed by atoms with van der Waals surface area (Å²) in [6, 6.07) is 7.47. The van der Waals surface area contributed by atoms with Crippen molar-refractivity contribution in [2.24, 2.45) is 0 Å². The maximum absolute atomic E-state index is 13.5. The number of hydrogen-bond acceptors (Lipinski definition) is 6. The smallest absolute Gasteiger partial charge is 0.244 e. The lowest BCUT2D eigenvalue weighted by molar-refractivity contribution is 0.201. The van der Waals surface area contributed by atoms with Crippen molar-refractivity contribution in [3.8, 4) is 17.3 Å². The molecule has 0 aliphatic carbocycles. The monoisotopic (exact) mass is 372 g/mol. The molecule has 6 nitrogen and oxygen atoms in total. The number of hydrogen-bond donors (Lipinski definition) is 0. The van der Waals surface area contributed by atoms with Gasteiger partial charge < -0.3 is 9.26 Å². The minimum Gasteiger partial charge on any atom is -0.481 e. The van der Waals surface area contributed by atoms with E-state index in [1.54, 1.807) is 25.4 Å². The van der Waals surface area contributed by atoms with E-state index in [0.717, 1.165) is 31.0 Å². The van der Waals surface area contributed by atoms with Crippen molar-refractivity contribution < 1.29 is 18.0 Å². The predicted molar refractivity (Wildman–Crippen MR) is 92.8 cm³/mol. The number of methoxy groups -OCH3 is 1. The molecule has 8 heteroatoms. The fraction of sp³-hybridized carbons (Fsp3) is 0.316. The number of aromatic nitrogens is 3. The molecule has 1 atom stereocenters. The highest BCUT2D eigenvalue weighted by Gasteiger charge is 2.31. The third kappa shape index (κ3) is 3.66. The maximum Gasteiger partial charge on any atom is 0.244 e. The van der Waals surface area contributed by atoms with Crippen molar-refractivity contribution in [2.75, 3.05) is 13.7 Å². The van der Waals surface area contributed by atoms with Crippen molar-refractivity contribution in [3.05, 3.63) is 59.6 Å². The molecule has 3 aromatic rings. The molecular weight excluding hydrogens is 354 g/mol. The lowest BCUT2D eigenvalue weighted by atomic mass is 10.1. The molecule has 1 aliphatic heterocycles. The van der Waals surface area contributed by atoms with Gasteiger partial charge in [-0.2, -0.15) is 4.98 Å². The molecule has 140 valence electrons. The molecule has 1 aromatic carbocycles. The first-order chi connectivity index (χ1) is 13.1. The van der Waals surface area contributed by atoms with Gasteiger partial charge in [-0.15, -0.1) is 0 Å². The molecule has 27 heavy (non-hydrogen) atoms. The van der Waals surface area contributed by atoms with Crippen LogP contribution < -0.4 is 4.74 Å². The molecule has 0 saturated carbocycles. The predicted octanol–water partition coefficient (Wildman–Crippen LogP) is 3.76. The second-order valence-electron chi connectivity index (χ2n) is 6.42. The van der Waals surface area contributed by atoms with Crippen molar-refractivity contribution in [3.63, 3.8) is 0 Å². The summed E-state index contributed by atoms with van der Waals surface area (Å²) in [4.78, 5) is 10.8. The summed E-state index contributed by atoms with van der Waals surface area (Å²) >= 11 is 0. The van der Waals surface area contributed by atoms with Crippen LogP contribution in [-0.4, -0.2) is 33.7 Å². The average Bonchev–Trinajstić information content (AvgIpc) is 3.34. The first-order valence-electron chi connectivity index (χ1n) is 8.66. The number of likely N-dealkylation sites (tertiary alicyclic amines) is 1. The van der Waals surface area contributed by atoms with Gasteiger partial charge in [-0.05, 0) is 43.1 Å². The highest BCUT2D eigenvalue weighted by molar-refractivity contribution is 5.53. The molecule has 0 bridgehead atoms. The highest BCUT2D eigenvalue weighted by atomic mass is 19.2. The van der Waals surface area contributed by atoms with Crippen molar-refractivity contribution in [2.45, 2.75) is 25.4 Å². The molecule has 0 amide bonds. The topological polar surface area (TPSA) is 64.3 Å². The van der Waals surface area contributed by atoms with E-state index < -0.39 is 11.6 Å². The van der Waals surface area contributed by atoms with Crippen molar-refractivity contribution in [1.82, 2.24) is 20.0 Å². The summed E-state index contributed by atoms with van der Waals surface area (Å²) in [5, 5.41) is 4.05. The quantitative estimate of drug-likeness (QED) is 0.680. The van der Waals surface area contributed by atoms with Gasteiger partial charge in [0.1, 0.15) is 0 Å². The molecule has 3 heterocycles. The first kappa shape index (κ1) is 17.5. The van der Waals surface area contributed by atoms with E-state index in [1.807, 2.05) is 6.07 Å². The van der Waals surface area contributed by atoms with Crippen LogP contribution in [0.2, 0.25) is 0 Å². The Morgan fingerprint density at radius 2 is 2.11 bits per heavy atom. The van der Waals surface area contributed by atoms with Crippen LogP contribution in [0, 0.1) is 11.6 Å². The lowest BCUT2D eigenvalue weighted by Crippen LogP contribution is -2.23. The number of rotatable bonds is 5. The van der Waals surface area contributed by atoms with Gasteiger partial charge in [0.25, 0.3) is 0 Å². The highest BCUT2D eigenvalue weighted by Crippen LogP contribution is 2.33. The van der Waals surface area contributed by atoms with Crippen LogP contribution in [0.1, 0.15) is 30.3 Å². The van der Waals surface area contributed by atoms with E-state index in [0.29, 0.717) is 29.7 Å². The van der Waals surface area contributed by atoms with Gasteiger partial charge >= 0.3 is 0 Å². The Labute approximate surface area is 154 Å². The molecule has 4 rings (SSSR count). The normalized spacial score (nSPS) is 17.4. The summed E-state index contributed by atoms with van der Waals surface area (Å²) in [5.41, 5.74) is 1.44. The molecule has 0 unspecified atom stereocenters. The summed E-state index contributed by atoms with van der Waals surface area (Å²) in [5.74, 6) is -0.196. The summed E-state index contributed by atoms with van der Waals surface area (Å²) in [6.45, 7) is 1.31. The number of nitrogens with zero attached hydrogens (tertiary/aromatic N) is 4. The average molecular weight is 372 g/mol. The third-order valence-corrected chi connectivity index (χ3v) is 4.66. The Balaban J connectivity index is 1.51. The standard InChI is InChI=1S/C19H18F2N4O2/c1-26-17-7-5-13(10-22-17)18-23-19(27-24-18)16-3-2-8-25(16)11-12-4-6-14(20)15(21)9-12/h4-7,9-10,16H,2-3,8,11H2,1H3/t16-/m1/s1. The minimum atomic E-state index is -0.841. The Morgan fingerprint density at radius 1 is 1.22 bits per heavy atom. The zero-order valence-electron chi connectivity index (χ0n) is 14.7. The second-order valence-corrected chi connectivity index (χ2v) is 6.42. The molecule has 2 aromatic heterocycles. The summed E-state index contributed by atoms with van der Waals surface area (Å²) in [7, 11) is 1.55. The van der Waals surface area contributed by atoms with Gasteiger partial charge in [0, 0.05) is 24.4 Å². The molecule has 0 spiro atoms. The second kappa shape index (κ2) is 7.40. The zero-order valence-corrected chi connectivity index (χ0v) is 14.7. The maximum atomic E-state index is 13.5. The molecule has 1 fully saturated rings.